The van der Waals surface area contributed by atoms with Gasteiger partial charge in [0.15, 0.2) is 5.69 Å². The summed E-state index contributed by atoms with van der Waals surface area (Å²) < 4.78 is 1.10. The van der Waals surface area contributed by atoms with E-state index in [9.17, 15) is 24.8 Å². The zero-order valence-electron chi connectivity index (χ0n) is 38.7. The molecule has 10 nitrogen and oxygen atoms in total. The summed E-state index contributed by atoms with van der Waals surface area (Å²) in [6, 6.07) is 7.16. The Kier molecular flexibility index (Phi) is 24.0. The summed E-state index contributed by atoms with van der Waals surface area (Å²) >= 11 is 0. The lowest BCUT2D eigenvalue weighted by atomic mass is 9.94. The molecule has 0 bridgehead atoms. The maximum absolute atomic E-state index is 15.0. The number of amides is 2. The lowest BCUT2D eigenvalue weighted by Crippen LogP contribution is -2.39. The quantitative estimate of drug-likeness (QED) is 0.0817. The lowest BCUT2D eigenvalue weighted by molar-refractivity contribution is 0.0674. The molecule has 2 rings (SSSR count). The molecule has 0 spiro atoms. The number of hydrogen-bond acceptors (Lipinski definition) is 7. The molecule has 330 valence electrons. The van der Waals surface area contributed by atoms with Crippen LogP contribution in [0.2, 0.25) is 0 Å². The molecule has 0 aliphatic rings. The molecular formula is C49H80N6O4. The Hall–Kier alpha value is -4.00. The van der Waals surface area contributed by atoms with Crippen LogP contribution in [-0.4, -0.2) is 57.5 Å². The first-order chi connectivity index (χ1) is 28.4. The van der Waals surface area contributed by atoms with Gasteiger partial charge in [0.1, 0.15) is 11.6 Å². The van der Waals surface area contributed by atoms with Crippen LogP contribution in [0, 0.1) is 41.9 Å². The van der Waals surface area contributed by atoms with Crippen molar-refractivity contribution in [1.29, 1.82) is 5.26 Å². The minimum Gasteiger partial charge on any atom is -0.493 e. The van der Waals surface area contributed by atoms with Gasteiger partial charge in [-0.05, 0) is 81.4 Å². The predicted molar refractivity (Wildman–Crippen MR) is 243 cm³/mol. The van der Waals surface area contributed by atoms with Gasteiger partial charge < -0.3 is 14.9 Å². The third-order valence-corrected chi connectivity index (χ3v) is 12.5. The Morgan fingerprint density at radius 1 is 0.695 bits per heavy atom. The Labute approximate surface area is 357 Å². The zero-order valence-corrected chi connectivity index (χ0v) is 38.7. The standard InChI is InChI=1S/C49H80N6O4/c1-11-20-24-37(15-5)32-53(33-38(16-6)25-21-12-2)46(56)41-28-29-42(44(30-41)51-52-45-36(10)43(31-50)48(58)55(19-9)49(45)59)47(57)54(34-39(17-7)26-22-13-3)35-40(18-8)27-23-14-4/h28-30,37-40,59H,11-27,32-35H2,1-10H3/b52-51+. The Bertz CT molecular complexity index is 1680. The van der Waals surface area contributed by atoms with Crippen LogP contribution in [0.5, 0.6) is 5.88 Å². The largest absolute Gasteiger partial charge is 0.493 e. The van der Waals surface area contributed by atoms with Crippen LogP contribution in [-0.2, 0) is 6.54 Å². The number of aromatic hydroxyl groups is 1. The molecule has 2 aromatic rings. The molecule has 0 radical (unpaired) electrons. The number of rotatable bonds is 29. The topological polar surface area (TPSA) is 131 Å². The monoisotopic (exact) mass is 817 g/mol. The number of azo groups is 1. The Morgan fingerprint density at radius 2 is 1.12 bits per heavy atom. The van der Waals surface area contributed by atoms with E-state index in [4.69, 9.17) is 0 Å². The van der Waals surface area contributed by atoms with E-state index in [1.807, 2.05) is 15.9 Å². The highest BCUT2D eigenvalue weighted by atomic mass is 16.3. The van der Waals surface area contributed by atoms with E-state index >= 15 is 0 Å². The highest BCUT2D eigenvalue weighted by Gasteiger charge is 2.28. The SMILES string of the molecule is CCCCC(CC)CN(CC(CC)CCCC)C(=O)c1ccc(C(=O)N(CC(CC)CCCC)CC(CC)CCCC)c(/N=N/c2c(C)c(C#N)c(=O)n(CC)c2O)c1. The first-order valence-electron chi connectivity index (χ1n) is 23.4. The smallest absolute Gasteiger partial charge is 0.271 e. The lowest BCUT2D eigenvalue weighted by Gasteiger charge is -2.32. The second-order valence-electron chi connectivity index (χ2n) is 16.9. The maximum Gasteiger partial charge on any atom is 0.271 e. The first kappa shape index (κ1) is 51.1. The fourth-order valence-corrected chi connectivity index (χ4v) is 8.13. The van der Waals surface area contributed by atoms with E-state index < -0.39 is 11.4 Å². The molecule has 2 amide bonds. The van der Waals surface area contributed by atoms with Crippen molar-refractivity contribution in [3.05, 3.63) is 50.8 Å². The number of carbonyl (C=O) groups is 2. The van der Waals surface area contributed by atoms with Gasteiger partial charge >= 0.3 is 0 Å². The second kappa shape index (κ2) is 27.7. The summed E-state index contributed by atoms with van der Waals surface area (Å²) in [5, 5.41) is 30.2. The van der Waals surface area contributed by atoms with Crippen molar-refractivity contribution in [1.82, 2.24) is 14.4 Å². The van der Waals surface area contributed by atoms with E-state index in [1.54, 1.807) is 32.0 Å². The van der Waals surface area contributed by atoms with Crippen LogP contribution in [0.4, 0.5) is 11.4 Å². The van der Waals surface area contributed by atoms with E-state index in [0.29, 0.717) is 61.0 Å². The number of nitriles is 1. The number of pyridine rings is 1. The van der Waals surface area contributed by atoms with Crippen molar-refractivity contribution >= 4 is 23.2 Å². The van der Waals surface area contributed by atoms with Gasteiger partial charge in [0.25, 0.3) is 17.4 Å². The van der Waals surface area contributed by atoms with Gasteiger partial charge in [-0.25, -0.2) is 0 Å². The number of benzene rings is 1. The van der Waals surface area contributed by atoms with Crippen molar-refractivity contribution < 1.29 is 14.7 Å². The van der Waals surface area contributed by atoms with Gasteiger partial charge in [-0.15, -0.1) is 10.2 Å². The molecule has 59 heavy (non-hydrogen) atoms. The molecule has 4 unspecified atom stereocenters. The average molecular weight is 817 g/mol. The van der Waals surface area contributed by atoms with E-state index in [-0.39, 0.29) is 40.9 Å². The van der Waals surface area contributed by atoms with Gasteiger partial charge in [0.2, 0.25) is 5.88 Å². The molecule has 0 fully saturated rings. The minimum absolute atomic E-state index is 0.0174. The number of carbonyl (C=O) groups excluding carboxylic acids is 2. The Morgan fingerprint density at radius 3 is 1.49 bits per heavy atom. The molecule has 0 saturated carbocycles. The normalized spacial score (nSPS) is 13.6. The molecule has 10 heteroatoms. The maximum atomic E-state index is 15.0. The van der Waals surface area contributed by atoms with E-state index in [1.165, 1.54) is 0 Å². The fourth-order valence-electron chi connectivity index (χ4n) is 8.13. The number of hydrogen-bond donors (Lipinski definition) is 1. The molecule has 1 heterocycles. The average Bonchev–Trinajstić information content (AvgIpc) is 3.24. The molecule has 0 aliphatic carbocycles. The number of unbranched alkanes of at least 4 members (excludes halogenated alkanes) is 4. The number of aromatic nitrogens is 1. The fraction of sp³-hybridized carbons (Fsp3) is 0.714. The van der Waals surface area contributed by atoms with Crippen molar-refractivity contribution in [2.24, 2.45) is 33.9 Å². The van der Waals surface area contributed by atoms with Gasteiger partial charge in [-0.3, -0.25) is 19.0 Å². The van der Waals surface area contributed by atoms with E-state index in [2.05, 4.69) is 65.6 Å². The summed E-state index contributed by atoms with van der Waals surface area (Å²) in [5.41, 5.74) is 0.441. The van der Waals surface area contributed by atoms with Gasteiger partial charge in [-0.1, -0.05) is 132 Å². The van der Waals surface area contributed by atoms with Crippen molar-refractivity contribution in [2.45, 2.75) is 179 Å². The predicted octanol–water partition coefficient (Wildman–Crippen LogP) is 12.9. The van der Waals surface area contributed by atoms with Crippen LogP contribution >= 0.6 is 0 Å². The number of nitrogens with zero attached hydrogens (tertiary/aromatic N) is 6. The van der Waals surface area contributed by atoms with E-state index in [0.717, 1.165) is 107 Å². The highest BCUT2D eigenvalue weighted by Crippen LogP contribution is 2.34. The third kappa shape index (κ3) is 15.2. The summed E-state index contributed by atoms with van der Waals surface area (Å²) in [6.45, 7) is 23.6. The minimum atomic E-state index is -0.598. The molecule has 1 aromatic carbocycles. The van der Waals surface area contributed by atoms with Gasteiger partial charge in [0, 0.05) is 43.9 Å². The van der Waals surface area contributed by atoms with Crippen LogP contribution in [0.3, 0.4) is 0 Å². The van der Waals surface area contributed by atoms with Crippen LogP contribution in [0.1, 0.15) is 197 Å². The molecule has 0 aliphatic heterocycles. The summed E-state index contributed by atoms with van der Waals surface area (Å²) in [4.78, 5) is 46.8. The van der Waals surface area contributed by atoms with Crippen LogP contribution in [0.25, 0.3) is 0 Å². The molecule has 0 saturated heterocycles. The van der Waals surface area contributed by atoms with Crippen LogP contribution < -0.4 is 5.56 Å². The van der Waals surface area contributed by atoms with Crippen LogP contribution in [0.15, 0.2) is 33.2 Å². The van der Waals surface area contributed by atoms with Crippen molar-refractivity contribution in [2.75, 3.05) is 26.2 Å². The molecule has 4 atom stereocenters. The summed E-state index contributed by atoms with van der Waals surface area (Å²) in [7, 11) is 0. The first-order valence-corrected chi connectivity index (χ1v) is 23.4. The van der Waals surface area contributed by atoms with Crippen molar-refractivity contribution in [3.8, 4) is 11.9 Å². The molecule has 1 N–H and O–H groups in total. The summed E-state index contributed by atoms with van der Waals surface area (Å²) in [6.07, 6.45) is 16.9. The second-order valence-corrected chi connectivity index (χ2v) is 16.9. The molecule has 1 aromatic heterocycles. The highest BCUT2D eigenvalue weighted by molar-refractivity contribution is 6.02. The third-order valence-electron chi connectivity index (χ3n) is 12.5. The van der Waals surface area contributed by atoms with Gasteiger partial charge in [-0.2, -0.15) is 5.26 Å². The zero-order chi connectivity index (χ0) is 43.9. The van der Waals surface area contributed by atoms with Crippen molar-refractivity contribution in [3.63, 3.8) is 0 Å². The molecular weight excluding hydrogens is 737 g/mol. The van der Waals surface area contributed by atoms with Gasteiger partial charge in [0.05, 0.1) is 11.3 Å². The Balaban J connectivity index is 2.89. The summed E-state index contributed by atoms with van der Waals surface area (Å²) in [5.74, 6) is 0.800.